The Labute approximate surface area is 333 Å². The average molecular weight is 728 g/mol. The Morgan fingerprint density at radius 3 is 1.61 bits per heavy atom. The smallest absolute Gasteiger partial charge is 0.160 e. The third-order valence-electron chi connectivity index (χ3n) is 11.9. The van der Waals surface area contributed by atoms with Crippen LogP contribution in [0, 0.1) is 13.8 Å². The molecule has 3 nitrogen and oxygen atoms in total. The van der Waals surface area contributed by atoms with E-state index in [2.05, 4.69) is 196 Å². The van der Waals surface area contributed by atoms with Crippen LogP contribution in [-0.4, -0.2) is 15.0 Å². The normalized spacial score (nSPS) is 14.6. The van der Waals surface area contributed by atoms with E-state index in [0.29, 0.717) is 5.82 Å². The predicted molar refractivity (Wildman–Crippen MR) is 233 cm³/mol. The first-order valence-electron chi connectivity index (χ1n) is 19.6. The number of benzene rings is 7. The van der Waals surface area contributed by atoms with E-state index in [1.807, 2.05) is 6.07 Å². The molecule has 0 bridgehead atoms. The van der Waals surface area contributed by atoms with E-state index >= 15 is 0 Å². The van der Waals surface area contributed by atoms with E-state index in [9.17, 15) is 0 Å². The van der Waals surface area contributed by atoms with Crippen LogP contribution in [0.2, 0.25) is 0 Å². The van der Waals surface area contributed by atoms with Crippen LogP contribution in [0.1, 0.15) is 33.4 Å². The molecule has 1 atom stereocenters. The lowest BCUT2D eigenvalue weighted by atomic mass is 9.70. The Morgan fingerprint density at radius 1 is 0.333 bits per heavy atom. The largest absolute Gasteiger partial charge is 0.248 e. The van der Waals surface area contributed by atoms with Crippen molar-refractivity contribution in [3.63, 3.8) is 0 Å². The van der Waals surface area contributed by atoms with Gasteiger partial charge in [-0.2, -0.15) is 0 Å². The van der Waals surface area contributed by atoms with Gasteiger partial charge in [-0.3, -0.25) is 0 Å². The number of aryl methyl sites for hydroxylation is 2. The summed E-state index contributed by atoms with van der Waals surface area (Å²) in [5.41, 5.74) is 21.2. The molecule has 0 radical (unpaired) electrons. The zero-order chi connectivity index (χ0) is 38.1. The van der Waals surface area contributed by atoms with Crippen LogP contribution in [0.25, 0.3) is 78.7 Å². The van der Waals surface area contributed by atoms with Crippen molar-refractivity contribution in [2.75, 3.05) is 0 Å². The number of nitrogens with zero attached hydrogens (tertiary/aromatic N) is 3. The molecule has 7 aromatic carbocycles. The minimum absolute atomic E-state index is 0.504. The summed E-state index contributed by atoms with van der Waals surface area (Å²) >= 11 is 0. The van der Waals surface area contributed by atoms with Gasteiger partial charge in [-0.15, -0.1) is 0 Å². The van der Waals surface area contributed by atoms with Crippen molar-refractivity contribution in [3.8, 4) is 78.7 Å². The molecule has 1 spiro atoms. The number of hydrogen-bond donors (Lipinski definition) is 0. The summed E-state index contributed by atoms with van der Waals surface area (Å²) in [7, 11) is 0. The van der Waals surface area contributed by atoms with Gasteiger partial charge < -0.3 is 0 Å². The quantitative estimate of drug-likeness (QED) is 0.177. The summed E-state index contributed by atoms with van der Waals surface area (Å²) in [5.74, 6) is 0.717. The van der Waals surface area contributed by atoms with Gasteiger partial charge in [-0.25, -0.2) is 15.0 Å². The summed E-state index contributed by atoms with van der Waals surface area (Å²) in [5, 5.41) is 0. The fraction of sp³-hybridized carbons (Fsp3) is 0.0556. The van der Waals surface area contributed by atoms with Gasteiger partial charge in [0.15, 0.2) is 5.82 Å². The number of hydrogen-bond acceptors (Lipinski definition) is 3. The van der Waals surface area contributed by atoms with Gasteiger partial charge in [0.2, 0.25) is 0 Å². The molecule has 0 N–H and O–H groups in total. The van der Waals surface area contributed by atoms with Crippen molar-refractivity contribution >= 4 is 0 Å². The highest BCUT2D eigenvalue weighted by atomic mass is 14.9. The topological polar surface area (TPSA) is 38.7 Å². The molecule has 268 valence electrons. The van der Waals surface area contributed by atoms with Crippen LogP contribution in [0.5, 0.6) is 0 Å². The van der Waals surface area contributed by atoms with Gasteiger partial charge in [0.05, 0.1) is 28.2 Å². The van der Waals surface area contributed by atoms with Gasteiger partial charge in [-0.05, 0) is 93.7 Å². The van der Waals surface area contributed by atoms with Gasteiger partial charge in [-0.1, -0.05) is 164 Å². The summed E-state index contributed by atoms with van der Waals surface area (Å²) in [6.07, 6.45) is 0. The van der Waals surface area contributed by atoms with E-state index in [1.54, 1.807) is 0 Å². The maximum atomic E-state index is 5.35. The van der Waals surface area contributed by atoms with Crippen molar-refractivity contribution in [3.05, 3.63) is 221 Å². The van der Waals surface area contributed by atoms with Crippen LogP contribution in [0.4, 0.5) is 0 Å². The second kappa shape index (κ2) is 12.9. The third-order valence-corrected chi connectivity index (χ3v) is 11.9. The minimum atomic E-state index is -0.504. The summed E-state index contributed by atoms with van der Waals surface area (Å²) in [6.45, 7) is 4.31. The van der Waals surface area contributed by atoms with Crippen LogP contribution >= 0.6 is 0 Å². The van der Waals surface area contributed by atoms with Crippen molar-refractivity contribution in [2.24, 2.45) is 0 Å². The first kappa shape index (κ1) is 33.1. The lowest BCUT2D eigenvalue weighted by Gasteiger charge is -2.30. The van der Waals surface area contributed by atoms with E-state index < -0.39 is 5.41 Å². The first-order valence-corrected chi connectivity index (χ1v) is 19.6. The Kier molecular flexibility index (Phi) is 7.52. The molecule has 2 heterocycles. The van der Waals surface area contributed by atoms with Gasteiger partial charge >= 0.3 is 0 Å². The molecule has 0 amide bonds. The molecule has 3 heteroatoms. The lowest BCUT2D eigenvalue weighted by Crippen LogP contribution is -2.25. The molecule has 9 aromatic rings. The molecule has 2 aromatic heterocycles. The summed E-state index contributed by atoms with van der Waals surface area (Å²) < 4.78 is 0. The maximum Gasteiger partial charge on any atom is 0.160 e. The second-order valence-electron chi connectivity index (χ2n) is 15.3. The van der Waals surface area contributed by atoms with Gasteiger partial charge in [0.1, 0.15) is 0 Å². The number of rotatable bonds is 5. The van der Waals surface area contributed by atoms with Crippen molar-refractivity contribution in [1.29, 1.82) is 0 Å². The number of aromatic nitrogens is 3. The molecule has 57 heavy (non-hydrogen) atoms. The number of fused-ring (bicyclic) bond motifs is 10. The Bertz CT molecular complexity index is 3040. The molecule has 0 saturated carbocycles. The average Bonchev–Trinajstić information content (AvgIpc) is 3.74. The molecule has 11 rings (SSSR count). The summed E-state index contributed by atoms with van der Waals surface area (Å²) in [4.78, 5) is 15.7. The molecule has 2 aliphatic rings. The maximum absolute atomic E-state index is 5.35. The number of pyridine rings is 1. The zero-order valence-electron chi connectivity index (χ0n) is 31.7. The minimum Gasteiger partial charge on any atom is -0.248 e. The fourth-order valence-electron chi connectivity index (χ4n) is 9.44. The zero-order valence-corrected chi connectivity index (χ0v) is 31.7. The monoisotopic (exact) mass is 727 g/mol. The molecule has 0 fully saturated rings. The van der Waals surface area contributed by atoms with Crippen LogP contribution < -0.4 is 0 Å². The van der Waals surface area contributed by atoms with E-state index in [1.165, 1.54) is 55.6 Å². The van der Waals surface area contributed by atoms with E-state index in [-0.39, 0.29) is 0 Å². The third kappa shape index (κ3) is 5.09. The van der Waals surface area contributed by atoms with E-state index in [4.69, 9.17) is 15.0 Å². The van der Waals surface area contributed by atoms with E-state index in [0.717, 1.165) is 50.6 Å². The highest BCUT2D eigenvalue weighted by Crippen LogP contribution is 2.64. The molecule has 1 unspecified atom stereocenters. The second-order valence-corrected chi connectivity index (χ2v) is 15.3. The van der Waals surface area contributed by atoms with Crippen molar-refractivity contribution in [1.82, 2.24) is 15.0 Å². The van der Waals surface area contributed by atoms with Crippen LogP contribution in [0.15, 0.2) is 188 Å². The lowest BCUT2D eigenvalue weighted by molar-refractivity contribution is 0.794. The summed E-state index contributed by atoms with van der Waals surface area (Å²) in [6, 6.07) is 67.6. The first-order chi connectivity index (χ1) is 28.1. The Balaban J connectivity index is 1.14. The highest BCUT2D eigenvalue weighted by molar-refractivity contribution is 6.00. The molecule has 2 aliphatic carbocycles. The Morgan fingerprint density at radius 2 is 0.877 bits per heavy atom. The van der Waals surface area contributed by atoms with Crippen molar-refractivity contribution < 1.29 is 0 Å². The van der Waals surface area contributed by atoms with Crippen molar-refractivity contribution in [2.45, 2.75) is 19.3 Å². The van der Waals surface area contributed by atoms with Gasteiger partial charge in [0, 0.05) is 27.8 Å². The van der Waals surface area contributed by atoms with Gasteiger partial charge in [0.25, 0.3) is 0 Å². The molecular weight excluding hydrogens is 691 g/mol. The molecular formula is C54H37N3. The molecule has 0 aliphatic heterocycles. The molecule has 0 saturated heterocycles. The Hall–Kier alpha value is -7.23. The SMILES string of the molecule is Cc1cc(-c2ccccc2)nc(-c2ccc3c(c2)-c2ccccc2C32c3ccccc3-c3c(-c4cc(-c5ccccc5C)nc(-c5ccccc5)n4)cccc32)c1. The van der Waals surface area contributed by atoms with Crippen LogP contribution in [0.3, 0.4) is 0 Å². The predicted octanol–water partition coefficient (Wildman–Crippen LogP) is 13.2. The van der Waals surface area contributed by atoms with Crippen LogP contribution in [-0.2, 0) is 5.41 Å². The highest BCUT2D eigenvalue weighted by Gasteiger charge is 2.52. The standard InChI is InChI=1S/C54H37N3/c1-34-30-48(36-17-5-3-6-18-36)55-49(31-34)38-28-29-46-43(32-38)40-22-11-13-25-44(40)54(46)45-26-14-12-23-41(45)52-42(24-15-27-47(52)54)51-33-50(39-21-10-9-16-35(39)2)56-53(57-51)37-19-7-4-8-20-37/h3-33H,1-2H3. The fourth-order valence-corrected chi connectivity index (χ4v) is 9.44.